The second kappa shape index (κ2) is 10.2. The van der Waals surface area contributed by atoms with Crippen molar-refractivity contribution in [2.75, 3.05) is 12.4 Å². The van der Waals surface area contributed by atoms with Crippen LogP contribution in [0.25, 0.3) is 0 Å². The van der Waals surface area contributed by atoms with Crippen molar-refractivity contribution in [1.29, 1.82) is 0 Å². The zero-order valence-corrected chi connectivity index (χ0v) is 17.2. The van der Waals surface area contributed by atoms with Gasteiger partial charge in [-0.05, 0) is 42.0 Å². The van der Waals surface area contributed by atoms with Gasteiger partial charge in [0, 0.05) is 6.54 Å². The van der Waals surface area contributed by atoms with Crippen molar-refractivity contribution < 1.29 is 14.3 Å². The molecule has 0 aromatic heterocycles. The molecule has 2 amide bonds. The quantitative estimate of drug-likeness (QED) is 0.531. The van der Waals surface area contributed by atoms with Crippen LogP contribution in [-0.2, 0) is 6.54 Å². The number of rotatable bonds is 6. The number of carbonyl (C=O) groups excluding carboxylic acids is 2. The van der Waals surface area contributed by atoms with Gasteiger partial charge in [-0.15, -0.1) is 0 Å². The molecular weight excluding hydrogens is 398 g/mol. The summed E-state index contributed by atoms with van der Waals surface area (Å²) < 4.78 is 5.20. The Balaban J connectivity index is 1.66. The number of hydrogen-bond acceptors (Lipinski definition) is 4. The van der Waals surface area contributed by atoms with E-state index in [-0.39, 0.29) is 11.0 Å². The zero-order chi connectivity index (χ0) is 21.3. The summed E-state index contributed by atoms with van der Waals surface area (Å²) in [5.74, 6) is -0.213. The third-order valence-electron chi connectivity index (χ3n) is 4.29. The van der Waals surface area contributed by atoms with Gasteiger partial charge in [-0.25, -0.2) is 0 Å². The Labute approximate surface area is 180 Å². The Morgan fingerprint density at radius 3 is 2.20 bits per heavy atom. The first-order valence-corrected chi connectivity index (χ1v) is 9.66. The highest BCUT2D eigenvalue weighted by Crippen LogP contribution is 2.18. The zero-order valence-electron chi connectivity index (χ0n) is 16.3. The summed E-state index contributed by atoms with van der Waals surface area (Å²) in [6.45, 7) is 0.406. The van der Waals surface area contributed by atoms with E-state index in [4.69, 9.17) is 17.0 Å². The average molecular weight is 420 g/mol. The third kappa shape index (κ3) is 5.42. The van der Waals surface area contributed by atoms with Crippen molar-refractivity contribution in [3.8, 4) is 5.75 Å². The summed E-state index contributed by atoms with van der Waals surface area (Å²) in [5.41, 5.74) is 2.27. The Hall–Kier alpha value is -3.71. The summed E-state index contributed by atoms with van der Waals surface area (Å²) >= 11 is 5.26. The molecule has 3 aromatic carbocycles. The lowest BCUT2D eigenvalue weighted by Crippen LogP contribution is -2.35. The number of anilines is 1. The molecule has 0 unspecified atom stereocenters. The predicted octanol–water partition coefficient (Wildman–Crippen LogP) is 3.75. The molecule has 0 saturated carbocycles. The number of thiocarbonyl (C=S) groups is 1. The highest BCUT2D eigenvalue weighted by atomic mass is 32.1. The van der Waals surface area contributed by atoms with Crippen LogP contribution in [0.5, 0.6) is 5.75 Å². The molecule has 0 atom stereocenters. The summed E-state index contributed by atoms with van der Waals surface area (Å²) in [6, 6.07) is 23.4. The number of para-hydroxylation sites is 2. The van der Waals surface area contributed by atoms with Crippen molar-refractivity contribution in [2.24, 2.45) is 0 Å². The van der Waals surface area contributed by atoms with Crippen LogP contribution in [0.1, 0.15) is 26.3 Å². The van der Waals surface area contributed by atoms with E-state index >= 15 is 0 Å². The van der Waals surface area contributed by atoms with Crippen molar-refractivity contribution in [3.05, 3.63) is 95.6 Å². The number of benzene rings is 3. The number of nitrogens with one attached hydrogen (secondary N) is 3. The van der Waals surface area contributed by atoms with Gasteiger partial charge in [0.05, 0.1) is 23.9 Å². The molecule has 0 aliphatic carbocycles. The van der Waals surface area contributed by atoms with Crippen molar-refractivity contribution in [3.63, 3.8) is 0 Å². The lowest BCUT2D eigenvalue weighted by Gasteiger charge is -2.14. The Morgan fingerprint density at radius 1 is 0.833 bits per heavy atom. The smallest absolute Gasteiger partial charge is 0.261 e. The molecule has 0 aliphatic rings. The third-order valence-corrected chi connectivity index (χ3v) is 4.50. The molecule has 0 saturated heterocycles. The average Bonchev–Trinajstić information content (AvgIpc) is 2.78. The fourth-order valence-corrected chi connectivity index (χ4v) is 3.02. The second-order valence-corrected chi connectivity index (χ2v) is 6.73. The molecule has 30 heavy (non-hydrogen) atoms. The number of carbonyl (C=O) groups is 2. The van der Waals surface area contributed by atoms with Gasteiger partial charge in [-0.3, -0.25) is 14.9 Å². The van der Waals surface area contributed by atoms with Gasteiger partial charge in [0.1, 0.15) is 5.75 Å². The van der Waals surface area contributed by atoms with Crippen LogP contribution in [-0.4, -0.2) is 24.0 Å². The Kier molecular flexibility index (Phi) is 7.13. The molecule has 3 N–H and O–H groups in total. The van der Waals surface area contributed by atoms with E-state index in [1.165, 1.54) is 7.11 Å². The predicted molar refractivity (Wildman–Crippen MR) is 121 cm³/mol. The van der Waals surface area contributed by atoms with Crippen LogP contribution in [0, 0.1) is 0 Å². The van der Waals surface area contributed by atoms with Crippen LogP contribution in [0.2, 0.25) is 0 Å². The van der Waals surface area contributed by atoms with Gasteiger partial charge in [0.25, 0.3) is 11.8 Å². The van der Waals surface area contributed by atoms with E-state index in [1.807, 2.05) is 30.3 Å². The summed E-state index contributed by atoms with van der Waals surface area (Å²) in [5, 5.41) is 8.50. The van der Waals surface area contributed by atoms with E-state index in [2.05, 4.69) is 16.0 Å². The number of ether oxygens (including phenoxy) is 1. The molecule has 0 spiro atoms. The first-order valence-electron chi connectivity index (χ1n) is 9.25. The maximum absolute atomic E-state index is 12.6. The maximum Gasteiger partial charge on any atom is 0.261 e. The SMILES string of the molecule is COc1ccccc1C(=O)NC(=S)Nc1ccccc1C(=O)NCc1ccccc1. The van der Waals surface area contributed by atoms with Gasteiger partial charge < -0.3 is 15.4 Å². The molecule has 0 bridgehead atoms. The number of amides is 2. The van der Waals surface area contributed by atoms with E-state index in [9.17, 15) is 9.59 Å². The lowest BCUT2D eigenvalue weighted by molar-refractivity contribution is 0.0949. The molecule has 0 heterocycles. The minimum atomic E-state index is -0.407. The first-order chi connectivity index (χ1) is 14.6. The topological polar surface area (TPSA) is 79.5 Å². The van der Waals surface area contributed by atoms with Gasteiger partial charge in [-0.1, -0.05) is 54.6 Å². The normalized spacial score (nSPS) is 10.0. The van der Waals surface area contributed by atoms with Crippen LogP contribution < -0.4 is 20.7 Å². The fraction of sp³-hybridized carbons (Fsp3) is 0.0870. The second-order valence-electron chi connectivity index (χ2n) is 6.32. The standard InChI is InChI=1S/C23H21N3O3S/c1-29-20-14-8-6-12-18(20)22(28)26-23(30)25-19-13-7-5-11-17(19)21(27)24-15-16-9-3-2-4-10-16/h2-14H,15H2,1H3,(H,24,27)(H2,25,26,28,30). The minimum Gasteiger partial charge on any atom is -0.496 e. The largest absolute Gasteiger partial charge is 0.496 e. The van der Waals surface area contributed by atoms with Gasteiger partial charge >= 0.3 is 0 Å². The van der Waals surface area contributed by atoms with E-state index in [0.29, 0.717) is 29.1 Å². The van der Waals surface area contributed by atoms with Gasteiger partial charge in [0.15, 0.2) is 5.11 Å². The maximum atomic E-state index is 12.6. The Bertz CT molecular complexity index is 1050. The lowest BCUT2D eigenvalue weighted by atomic mass is 10.1. The molecule has 152 valence electrons. The van der Waals surface area contributed by atoms with Crippen molar-refractivity contribution >= 4 is 34.8 Å². The summed E-state index contributed by atoms with van der Waals surface area (Å²) in [7, 11) is 1.49. The molecule has 3 rings (SSSR count). The van der Waals surface area contributed by atoms with E-state index in [0.717, 1.165) is 5.56 Å². The number of hydrogen-bond donors (Lipinski definition) is 3. The Morgan fingerprint density at radius 2 is 1.47 bits per heavy atom. The van der Waals surface area contributed by atoms with Crippen molar-refractivity contribution in [2.45, 2.75) is 6.54 Å². The highest BCUT2D eigenvalue weighted by Gasteiger charge is 2.15. The van der Waals surface area contributed by atoms with Crippen LogP contribution in [0.4, 0.5) is 5.69 Å². The molecule has 3 aromatic rings. The van der Waals surface area contributed by atoms with Crippen molar-refractivity contribution in [1.82, 2.24) is 10.6 Å². The highest BCUT2D eigenvalue weighted by molar-refractivity contribution is 7.80. The fourth-order valence-electron chi connectivity index (χ4n) is 2.82. The molecule has 0 aliphatic heterocycles. The first kappa shape index (κ1) is 21.0. The summed E-state index contributed by atoms with van der Waals surface area (Å²) in [6.07, 6.45) is 0. The van der Waals surface area contributed by atoms with Crippen LogP contribution in [0.15, 0.2) is 78.9 Å². The minimum absolute atomic E-state index is 0.0780. The molecule has 0 fully saturated rings. The van der Waals surface area contributed by atoms with Gasteiger partial charge in [0.2, 0.25) is 0 Å². The van der Waals surface area contributed by atoms with E-state index in [1.54, 1.807) is 48.5 Å². The summed E-state index contributed by atoms with van der Waals surface area (Å²) in [4.78, 5) is 25.2. The van der Waals surface area contributed by atoms with Gasteiger partial charge in [-0.2, -0.15) is 0 Å². The number of methoxy groups -OCH3 is 1. The molecule has 6 nitrogen and oxygen atoms in total. The monoisotopic (exact) mass is 419 g/mol. The molecule has 7 heteroatoms. The van der Waals surface area contributed by atoms with E-state index < -0.39 is 5.91 Å². The molecule has 0 radical (unpaired) electrons. The molecular formula is C23H21N3O3S. The van der Waals surface area contributed by atoms with Crippen LogP contribution in [0.3, 0.4) is 0 Å². The van der Waals surface area contributed by atoms with Crippen LogP contribution >= 0.6 is 12.2 Å².